The van der Waals surface area contributed by atoms with Crippen molar-refractivity contribution in [3.63, 3.8) is 0 Å². The molecule has 1 N–H and O–H groups in total. The van der Waals surface area contributed by atoms with Gasteiger partial charge in [0, 0.05) is 18.7 Å². The van der Waals surface area contributed by atoms with Gasteiger partial charge in [0.25, 0.3) is 0 Å². The summed E-state index contributed by atoms with van der Waals surface area (Å²) in [4.78, 5) is 30.1. The molecule has 3 rings (SSSR count). The number of hydrogen-bond donors (Lipinski definition) is 1. The number of carbonyl (C=O) groups excluding carboxylic acids is 2. The van der Waals surface area contributed by atoms with Crippen molar-refractivity contribution in [2.75, 3.05) is 18.5 Å². The van der Waals surface area contributed by atoms with Gasteiger partial charge in [-0.2, -0.15) is 0 Å². The number of hydrogen-bond acceptors (Lipinski definition) is 5. The van der Waals surface area contributed by atoms with E-state index in [2.05, 4.69) is 36.5 Å². The zero-order valence-corrected chi connectivity index (χ0v) is 24.9. The lowest BCUT2D eigenvalue weighted by molar-refractivity contribution is -0.158. The predicted octanol–water partition coefficient (Wildman–Crippen LogP) is 7.80. The van der Waals surface area contributed by atoms with Gasteiger partial charge >= 0.3 is 5.97 Å². The first-order valence-electron chi connectivity index (χ1n) is 14.7. The molecule has 0 radical (unpaired) electrons. The number of anilines is 1. The third kappa shape index (κ3) is 10.3. The maximum atomic E-state index is 12.8. The van der Waals surface area contributed by atoms with Gasteiger partial charge in [-0.1, -0.05) is 68.0 Å². The number of ether oxygens (including phenoxy) is 2. The standard InChI is InChI=1S/C35H44N2O4/c1-5-35(6-2,34(39)41-7-3)25-33(38)37-31-15-10-13-29(24-31)21-22-30-14-11-16-32(36-30)26-40-23-9-8-12-28-19-17-27(4)18-20-28/h10-11,13-22,24H,5-9,12,23,25-26H2,1-4H3,(H,37,38)/b22-21+. The topological polar surface area (TPSA) is 77.5 Å². The zero-order chi connectivity index (χ0) is 29.5. The van der Waals surface area contributed by atoms with E-state index >= 15 is 0 Å². The van der Waals surface area contributed by atoms with Crippen molar-refractivity contribution in [2.45, 2.75) is 72.8 Å². The van der Waals surface area contributed by atoms with Crippen molar-refractivity contribution in [3.05, 3.63) is 94.8 Å². The summed E-state index contributed by atoms with van der Waals surface area (Å²) in [5, 5.41) is 2.95. The molecule has 0 aliphatic carbocycles. The molecule has 218 valence electrons. The van der Waals surface area contributed by atoms with Crippen LogP contribution in [0.4, 0.5) is 5.69 Å². The van der Waals surface area contributed by atoms with Gasteiger partial charge in [-0.3, -0.25) is 14.6 Å². The highest BCUT2D eigenvalue weighted by Gasteiger charge is 2.38. The van der Waals surface area contributed by atoms with Crippen LogP contribution in [0.15, 0.2) is 66.7 Å². The van der Waals surface area contributed by atoms with Gasteiger partial charge in [-0.25, -0.2) is 0 Å². The first-order valence-corrected chi connectivity index (χ1v) is 14.7. The van der Waals surface area contributed by atoms with E-state index in [1.165, 1.54) is 11.1 Å². The molecule has 0 fully saturated rings. The number of aryl methyl sites for hydroxylation is 2. The average Bonchev–Trinajstić information content (AvgIpc) is 2.98. The van der Waals surface area contributed by atoms with Crippen LogP contribution < -0.4 is 5.32 Å². The highest BCUT2D eigenvalue weighted by atomic mass is 16.5. The monoisotopic (exact) mass is 556 g/mol. The number of aromatic nitrogens is 1. The van der Waals surface area contributed by atoms with E-state index in [9.17, 15) is 9.59 Å². The minimum atomic E-state index is -0.806. The second kappa shape index (κ2) is 16.5. The molecule has 41 heavy (non-hydrogen) atoms. The molecule has 0 aliphatic heterocycles. The van der Waals surface area contributed by atoms with Crippen LogP contribution >= 0.6 is 0 Å². The Labute approximate surface area is 245 Å². The maximum absolute atomic E-state index is 12.8. The fraction of sp³-hybridized carbons (Fsp3) is 0.400. The van der Waals surface area contributed by atoms with Gasteiger partial charge in [0.05, 0.1) is 30.0 Å². The van der Waals surface area contributed by atoms with Crippen molar-refractivity contribution >= 4 is 29.7 Å². The Morgan fingerprint density at radius 3 is 2.41 bits per heavy atom. The van der Waals surface area contributed by atoms with Crippen LogP contribution in [-0.4, -0.2) is 30.1 Å². The second-order valence-corrected chi connectivity index (χ2v) is 10.4. The Morgan fingerprint density at radius 1 is 0.927 bits per heavy atom. The van der Waals surface area contributed by atoms with Crippen molar-refractivity contribution in [1.82, 2.24) is 4.98 Å². The number of carbonyl (C=O) groups is 2. The second-order valence-electron chi connectivity index (χ2n) is 10.4. The van der Waals surface area contributed by atoms with Crippen LogP contribution in [0.1, 0.15) is 81.0 Å². The first kappa shape index (κ1) is 31.8. The van der Waals surface area contributed by atoms with Crippen LogP contribution in [0.5, 0.6) is 0 Å². The summed E-state index contributed by atoms with van der Waals surface area (Å²) >= 11 is 0. The highest BCUT2D eigenvalue weighted by Crippen LogP contribution is 2.33. The number of nitrogens with one attached hydrogen (secondary N) is 1. The fourth-order valence-corrected chi connectivity index (χ4v) is 4.70. The first-order chi connectivity index (χ1) is 19.9. The molecule has 1 heterocycles. The van der Waals surface area contributed by atoms with Gasteiger partial charge in [0.15, 0.2) is 0 Å². The summed E-state index contributed by atoms with van der Waals surface area (Å²) in [7, 11) is 0. The van der Waals surface area contributed by atoms with Gasteiger partial charge in [0.2, 0.25) is 5.91 Å². The van der Waals surface area contributed by atoms with Crippen molar-refractivity contribution in [3.8, 4) is 0 Å². The predicted molar refractivity (Wildman–Crippen MR) is 166 cm³/mol. The lowest BCUT2D eigenvalue weighted by Gasteiger charge is -2.28. The Hall–Kier alpha value is -3.77. The van der Waals surface area contributed by atoms with Crippen LogP contribution in [-0.2, 0) is 32.1 Å². The van der Waals surface area contributed by atoms with Crippen LogP contribution in [0.25, 0.3) is 12.2 Å². The summed E-state index contributed by atoms with van der Waals surface area (Å²) in [5.74, 6) is -0.512. The molecule has 0 unspecified atom stereocenters. The molecular formula is C35H44N2O4. The maximum Gasteiger partial charge on any atom is 0.312 e. The largest absolute Gasteiger partial charge is 0.466 e. The molecule has 1 aromatic heterocycles. The summed E-state index contributed by atoms with van der Waals surface area (Å²) in [5.41, 5.74) is 5.20. The quantitative estimate of drug-likeness (QED) is 0.144. The van der Waals surface area contributed by atoms with Crippen molar-refractivity contribution in [2.24, 2.45) is 5.41 Å². The average molecular weight is 557 g/mol. The zero-order valence-electron chi connectivity index (χ0n) is 24.9. The molecule has 6 nitrogen and oxygen atoms in total. The lowest BCUT2D eigenvalue weighted by Crippen LogP contribution is -2.36. The lowest BCUT2D eigenvalue weighted by atomic mass is 9.79. The van der Waals surface area contributed by atoms with E-state index in [1.54, 1.807) is 6.92 Å². The minimum Gasteiger partial charge on any atom is -0.466 e. The van der Waals surface area contributed by atoms with Gasteiger partial charge in [-0.05, 0) is 87.4 Å². The van der Waals surface area contributed by atoms with E-state index in [0.717, 1.165) is 36.2 Å². The van der Waals surface area contributed by atoms with Crippen molar-refractivity contribution < 1.29 is 19.1 Å². The highest BCUT2D eigenvalue weighted by molar-refractivity contribution is 5.94. The molecule has 0 aliphatic rings. The Kier molecular flexibility index (Phi) is 12.8. The Balaban J connectivity index is 1.49. The summed E-state index contributed by atoms with van der Waals surface area (Å²) < 4.78 is 11.1. The fourth-order valence-electron chi connectivity index (χ4n) is 4.70. The number of rotatable bonds is 16. The number of pyridine rings is 1. The number of nitrogens with zero attached hydrogens (tertiary/aromatic N) is 1. The minimum absolute atomic E-state index is 0.0877. The summed E-state index contributed by atoms with van der Waals surface area (Å²) in [6.45, 7) is 9.22. The van der Waals surface area contributed by atoms with Gasteiger partial charge < -0.3 is 14.8 Å². The number of esters is 1. The third-order valence-electron chi connectivity index (χ3n) is 7.38. The van der Waals surface area contributed by atoms with E-state index in [0.29, 0.717) is 38.3 Å². The van der Waals surface area contributed by atoms with E-state index in [-0.39, 0.29) is 18.3 Å². The third-order valence-corrected chi connectivity index (χ3v) is 7.38. The van der Waals surface area contributed by atoms with Crippen LogP contribution in [0.3, 0.4) is 0 Å². The van der Waals surface area contributed by atoms with Crippen molar-refractivity contribution in [1.29, 1.82) is 0 Å². The Bertz CT molecular complexity index is 1280. The molecule has 1 amide bonds. The molecule has 3 aromatic rings. The number of benzene rings is 2. The van der Waals surface area contributed by atoms with Gasteiger partial charge in [0.1, 0.15) is 0 Å². The summed E-state index contributed by atoms with van der Waals surface area (Å²) in [6, 6.07) is 22.2. The van der Waals surface area contributed by atoms with E-state index in [1.807, 2.05) is 68.5 Å². The SMILES string of the molecule is CCOC(=O)C(CC)(CC)CC(=O)Nc1cccc(/C=C/c2cccc(COCCCCc3ccc(C)cc3)n2)c1. The molecule has 2 aromatic carbocycles. The molecule has 0 saturated heterocycles. The molecule has 0 atom stereocenters. The smallest absolute Gasteiger partial charge is 0.312 e. The number of amides is 1. The van der Waals surface area contributed by atoms with Crippen LogP contribution in [0.2, 0.25) is 0 Å². The Morgan fingerprint density at radius 2 is 1.68 bits per heavy atom. The van der Waals surface area contributed by atoms with E-state index in [4.69, 9.17) is 14.5 Å². The van der Waals surface area contributed by atoms with Crippen LogP contribution in [0, 0.1) is 12.3 Å². The molecule has 0 spiro atoms. The number of unbranched alkanes of at least 4 members (excludes halogenated alkanes) is 1. The van der Waals surface area contributed by atoms with Gasteiger partial charge in [-0.15, -0.1) is 0 Å². The molecular weight excluding hydrogens is 512 g/mol. The molecule has 0 bridgehead atoms. The molecule has 0 saturated carbocycles. The molecule has 6 heteroatoms. The summed E-state index contributed by atoms with van der Waals surface area (Å²) in [6.07, 6.45) is 8.28. The van der Waals surface area contributed by atoms with E-state index < -0.39 is 5.41 Å². The normalized spacial score (nSPS) is 11.5.